The quantitative estimate of drug-likeness (QED) is 0.782. The fourth-order valence-corrected chi connectivity index (χ4v) is 1.66. The largest absolute Gasteiger partial charge is 0.494 e. The molecule has 0 amide bonds. The van der Waals surface area contributed by atoms with Crippen LogP contribution in [0.25, 0.3) is 0 Å². The Hall–Kier alpha value is -2.50. The van der Waals surface area contributed by atoms with Gasteiger partial charge in [-0.3, -0.25) is 4.79 Å². The second-order valence-corrected chi connectivity index (χ2v) is 4.02. The molecule has 2 rings (SSSR count). The van der Waals surface area contributed by atoms with Crippen LogP contribution in [-0.4, -0.2) is 30.2 Å². The van der Waals surface area contributed by atoms with Crippen molar-refractivity contribution in [2.75, 3.05) is 14.2 Å². The molecule has 0 N–H and O–H groups in total. The summed E-state index contributed by atoms with van der Waals surface area (Å²) < 4.78 is 23.2. The minimum absolute atomic E-state index is 0.0444. The summed E-state index contributed by atoms with van der Waals surface area (Å²) in [6, 6.07) is 7.34. The van der Waals surface area contributed by atoms with Gasteiger partial charge in [-0.1, -0.05) is 0 Å². The molecule has 6 heteroatoms. The lowest BCUT2D eigenvalue weighted by Gasteiger charge is -2.04. The van der Waals surface area contributed by atoms with Crippen LogP contribution < -0.4 is 9.47 Å². The number of ether oxygens (including phenoxy) is 2. The monoisotopic (exact) mass is 276 g/mol. The van der Waals surface area contributed by atoms with E-state index in [4.69, 9.17) is 9.47 Å². The lowest BCUT2D eigenvalue weighted by Crippen LogP contribution is -2.07. The molecule has 0 saturated heterocycles. The van der Waals surface area contributed by atoms with Crippen LogP contribution in [0.3, 0.4) is 0 Å². The summed E-state index contributed by atoms with van der Waals surface area (Å²) in [5, 5.41) is 7.63. The van der Waals surface area contributed by atoms with E-state index in [0.717, 1.165) is 6.07 Å². The minimum atomic E-state index is -0.570. The van der Waals surface area contributed by atoms with Crippen molar-refractivity contribution in [3.8, 4) is 11.6 Å². The number of aromatic nitrogens is 2. The molecule has 1 aromatic carbocycles. The third-order valence-electron chi connectivity index (χ3n) is 2.72. The van der Waals surface area contributed by atoms with Gasteiger partial charge in [-0.05, 0) is 24.3 Å². The molecule has 0 unspecified atom stereocenters. The van der Waals surface area contributed by atoms with E-state index < -0.39 is 5.82 Å². The van der Waals surface area contributed by atoms with Crippen molar-refractivity contribution in [1.82, 2.24) is 10.2 Å². The Morgan fingerprint density at radius 2 is 1.95 bits per heavy atom. The molecule has 2 aromatic rings. The average molecular weight is 276 g/mol. The Bertz CT molecular complexity index is 614. The number of hydrogen-bond acceptors (Lipinski definition) is 5. The van der Waals surface area contributed by atoms with Crippen LogP contribution in [0, 0.1) is 5.82 Å². The van der Waals surface area contributed by atoms with Crippen LogP contribution in [0.2, 0.25) is 0 Å². The van der Waals surface area contributed by atoms with Crippen molar-refractivity contribution in [1.29, 1.82) is 0 Å². The van der Waals surface area contributed by atoms with Crippen LogP contribution in [-0.2, 0) is 6.42 Å². The van der Waals surface area contributed by atoms with E-state index in [1.165, 1.54) is 26.4 Å². The van der Waals surface area contributed by atoms with E-state index in [9.17, 15) is 9.18 Å². The Labute approximate surface area is 115 Å². The number of Topliss-reactive ketones (excluding diaryl/α,β-unsaturated/α-hetero) is 1. The van der Waals surface area contributed by atoms with Gasteiger partial charge in [0.25, 0.3) is 0 Å². The molecule has 0 saturated carbocycles. The Morgan fingerprint density at radius 1 is 1.15 bits per heavy atom. The lowest BCUT2D eigenvalue weighted by atomic mass is 10.1. The summed E-state index contributed by atoms with van der Waals surface area (Å²) in [6.07, 6.45) is 0.0444. The van der Waals surface area contributed by atoms with Crippen molar-refractivity contribution in [3.63, 3.8) is 0 Å². The number of hydrogen-bond donors (Lipinski definition) is 0. The van der Waals surface area contributed by atoms with Crippen molar-refractivity contribution in [2.45, 2.75) is 6.42 Å². The van der Waals surface area contributed by atoms with Crippen molar-refractivity contribution in [3.05, 3.63) is 47.4 Å². The molecule has 0 aliphatic rings. The molecule has 0 aliphatic heterocycles. The third kappa shape index (κ3) is 3.09. The normalized spacial score (nSPS) is 10.2. The molecular formula is C14H13FN2O3. The first-order valence-electron chi connectivity index (χ1n) is 5.87. The number of carbonyl (C=O) groups is 1. The number of carbonyl (C=O) groups excluding carboxylic acids is 1. The SMILES string of the molecule is COc1ccc(CC(=O)c2ccc(OC)c(F)c2)nn1. The first kappa shape index (κ1) is 13.9. The van der Waals surface area contributed by atoms with E-state index in [1.807, 2.05) is 0 Å². The zero-order chi connectivity index (χ0) is 14.5. The van der Waals surface area contributed by atoms with Crippen LogP contribution in [0.5, 0.6) is 11.6 Å². The standard InChI is InChI=1S/C14H13FN2O3/c1-19-13-5-3-9(7-11(13)15)12(18)8-10-4-6-14(20-2)17-16-10/h3-7H,8H2,1-2H3. The van der Waals surface area contributed by atoms with Gasteiger partial charge < -0.3 is 9.47 Å². The van der Waals surface area contributed by atoms with Gasteiger partial charge >= 0.3 is 0 Å². The van der Waals surface area contributed by atoms with Gasteiger partial charge in [-0.2, -0.15) is 5.10 Å². The zero-order valence-electron chi connectivity index (χ0n) is 11.1. The molecule has 1 aromatic heterocycles. The number of halogens is 1. The first-order chi connectivity index (χ1) is 9.63. The summed E-state index contributed by atoms with van der Waals surface area (Å²) in [7, 11) is 2.85. The van der Waals surface area contributed by atoms with E-state index in [2.05, 4.69) is 10.2 Å². The molecular weight excluding hydrogens is 263 g/mol. The van der Waals surface area contributed by atoms with Crippen LogP contribution >= 0.6 is 0 Å². The zero-order valence-corrected chi connectivity index (χ0v) is 11.1. The van der Waals surface area contributed by atoms with E-state index >= 15 is 0 Å². The second-order valence-electron chi connectivity index (χ2n) is 4.02. The number of ketones is 1. The fraction of sp³-hybridized carbons (Fsp3) is 0.214. The molecule has 0 bridgehead atoms. The van der Waals surface area contributed by atoms with Gasteiger partial charge in [0.1, 0.15) is 0 Å². The summed E-state index contributed by atoms with van der Waals surface area (Å²) in [5.41, 5.74) is 0.757. The maximum absolute atomic E-state index is 13.5. The van der Waals surface area contributed by atoms with Gasteiger partial charge in [-0.25, -0.2) is 4.39 Å². The van der Waals surface area contributed by atoms with Crippen LogP contribution in [0.15, 0.2) is 30.3 Å². The fourth-order valence-electron chi connectivity index (χ4n) is 1.66. The van der Waals surface area contributed by atoms with Crippen LogP contribution in [0.1, 0.15) is 16.1 Å². The molecule has 0 aliphatic carbocycles. The topological polar surface area (TPSA) is 61.3 Å². The Balaban J connectivity index is 2.12. The summed E-state index contributed by atoms with van der Waals surface area (Å²) in [5.74, 6) is -0.340. The van der Waals surface area contributed by atoms with Gasteiger partial charge in [-0.15, -0.1) is 5.10 Å². The molecule has 1 heterocycles. The smallest absolute Gasteiger partial charge is 0.233 e. The molecule has 0 spiro atoms. The van der Waals surface area contributed by atoms with Gasteiger partial charge in [0.05, 0.1) is 26.3 Å². The second kappa shape index (κ2) is 6.10. The number of rotatable bonds is 5. The van der Waals surface area contributed by atoms with Crippen molar-refractivity contribution >= 4 is 5.78 Å². The Morgan fingerprint density at radius 3 is 2.50 bits per heavy atom. The van der Waals surface area contributed by atoms with Crippen molar-refractivity contribution < 1.29 is 18.7 Å². The highest BCUT2D eigenvalue weighted by atomic mass is 19.1. The highest BCUT2D eigenvalue weighted by molar-refractivity contribution is 5.97. The minimum Gasteiger partial charge on any atom is -0.494 e. The molecule has 0 fully saturated rings. The molecule has 5 nitrogen and oxygen atoms in total. The highest BCUT2D eigenvalue weighted by Crippen LogP contribution is 2.18. The molecule has 104 valence electrons. The number of nitrogens with zero attached hydrogens (tertiary/aromatic N) is 2. The van der Waals surface area contributed by atoms with Crippen LogP contribution in [0.4, 0.5) is 4.39 Å². The molecule has 0 atom stereocenters. The summed E-state index contributed by atoms with van der Waals surface area (Å²) in [4.78, 5) is 12.0. The maximum atomic E-state index is 13.5. The van der Waals surface area contributed by atoms with E-state index in [-0.39, 0.29) is 23.5 Å². The van der Waals surface area contributed by atoms with Gasteiger partial charge in [0, 0.05) is 11.6 Å². The number of methoxy groups -OCH3 is 2. The lowest BCUT2D eigenvalue weighted by molar-refractivity contribution is 0.0991. The number of benzene rings is 1. The molecule has 0 radical (unpaired) electrons. The maximum Gasteiger partial charge on any atom is 0.233 e. The third-order valence-corrected chi connectivity index (χ3v) is 2.72. The van der Waals surface area contributed by atoms with E-state index in [1.54, 1.807) is 12.1 Å². The van der Waals surface area contributed by atoms with Gasteiger partial charge in [0.2, 0.25) is 5.88 Å². The average Bonchev–Trinajstić information content (AvgIpc) is 2.48. The summed E-state index contributed by atoms with van der Waals surface area (Å²) in [6.45, 7) is 0. The van der Waals surface area contributed by atoms with E-state index in [0.29, 0.717) is 11.6 Å². The summed E-state index contributed by atoms with van der Waals surface area (Å²) >= 11 is 0. The Kier molecular flexibility index (Phi) is 4.24. The predicted molar refractivity (Wildman–Crippen MR) is 69.6 cm³/mol. The van der Waals surface area contributed by atoms with Gasteiger partial charge in [0.15, 0.2) is 17.3 Å². The predicted octanol–water partition coefficient (Wildman–Crippen LogP) is 2.06. The highest BCUT2D eigenvalue weighted by Gasteiger charge is 2.12. The van der Waals surface area contributed by atoms with Crippen molar-refractivity contribution in [2.24, 2.45) is 0 Å². The first-order valence-corrected chi connectivity index (χ1v) is 5.87. The molecule has 20 heavy (non-hydrogen) atoms.